The first-order chi connectivity index (χ1) is 9.92. The van der Waals surface area contributed by atoms with Gasteiger partial charge in [-0.15, -0.1) is 0 Å². The van der Waals surface area contributed by atoms with Crippen LogP contribution in [0.25, 0.3) is 0 Å². The molecule has 0 radical (unpaired) electrons. The van der Waals surface area contributed by atoms with Gasteiger partial charge < -0.3 is 5.73 Å². The quantitative estimate of drug-likeness (QED) is 0.842. The van der Waals surface area contributed by atoms with Gasteiger partial charge in [-0.1, -0.05) is 0 Å². The van der Waals surface area contributed by atoms with Crippen LogP contribution in [-0.2, 0) is 16.6 Å². The van der Waals surface area contributed by atoms with E-state index in [0.29, 0.717) is 11.8 Å². The SMILES string of the molecule is NCc1cc(F)c(F)c(S(=O)(=O)NC(C2CC2)C2CC2)c1. The molecule has 0 atom stereocenters. The maximum Gasteiger partial charge on any atom is 0.243 e. The molecule has 116 valence electrons. The van der Waals surface area contributed by atoms with E-state index in [9.17, 15) is 17.2 Å². The Hall–Kier alpha value is -1.05. The van der Waals surface area contributed by atoms with Crippen LogP contribution in [0.5, 0.6) is 0 Å². The van der Waals surface area contributed by atoms with E-state index in [1.807, 2.05) is 0 Å². The van der Waals surface area contributed by atoms with Gasteiger partial charge in [-0.25, -0.2) is 21.9 Å². The Morgan fingerprint density at radius 1 is 1.19 bits per heavy atom. The molecule has 3 N–H and O–H groups in total. The Balaban J connectivity index is 1.92. The minimum absolute atomic E-state index is 0.0472. The molecule has 0 bridgehead atoms. The summed E-state index contributed by atoms with van der Waals surface area (Å²) in [6.07, 6.45) is 3.96. The standard InChI is InChI=1S/C14H18F2N2O2S/c15-11-5-8(7-17)6-12(13(11)16)21(19,20)18-14(9-1-2-9)10-3-4-10/h5-6,9-10,14,18H,1-4,7,17H2. The fraction of sp³-hybridized carbons (Fsp3) is 0.571. The van der Waals surface area contributed by atoms with Crippen LogP contribution in [0.15, 0.2) is 17.0 Å². The summed E-state index contributed by atoms with van der Waals surface area (Å²) < 4.78 is 54.7. The second kappa shape index (κ2) is 5.30. The Labute approximate surface area is 122 Å². The van der Waals surface area contributed by atoms with Crippen LogP contribution in [0.1, 0.15) is 31.2 Å². The molecular formula is C14H18F2N2O2S. The number of nitrogens with one attached hydrogen (secondary N) is 1. The van der Waals surface area contributed by atoms with Crippen LogP contribution >= 0.6 is 0 Å². The lowest BCUT2D eigenvalue weighted by atomic mass is 10.1. The predicted molar refractivity (Wildman–Crippen MR) is 73.8 cm³/mol. The van der Waals surface area contributed by atoms with Gasteiger partial charge in [0.2, 0.25) is 10.0 Å². The summed E-state index contributed by atoms with van der Waals surface area (Å²) in [7, 11) is -4.08. The van der Waals surface area contributed by atoms with Crippen molar-refractivity contribution in [1.29, 1.82) is 0 Å². The third-order valence-corrected chi connectivity index (χ3v) is 5.59. The summed E-state index contributed by atoms with van der Waals surface area (Å²) in [4.78, 5) is -0.644. The van der Waals surface area contributed by atoms with Crippen molar-refractivity contribution in [2.24, 2.45) is 17.6 Å². The molecular weight excluding hydrogens is 298 g/mol. The van der Waals surface area contributed by atoms with Gasteiger partial charge in [-0.05, 0) is 55.2 Å². The molecule has 0 spiro atoms. The fourth-order valence-corrected chi connectivity index (χ4v) is 4.17. The van der Waals surface area contributed by atoms with E-state index in [-0.39, 0.29) is 18.2 Å². The summed E-state index contributed by atoms with van der Waals surface area (Å²) in [6, 6.07) is 1.88. The average molecular weight is 316 g/mol. The number of nitrogens with two attached hydrogens (primary N) is 1. The smallest absolute Gasteiger partial charge is 0.243 e. The van der Waals surface area contributed by atoms with Crippen molar-refractivity contribution >= 4 is 10.0 Å². The maximum atomic E-state index is 13.9. The van der Waals surface area contributed by atoms with Gasteiger partial charge in [0.15, 0.2) is 11.6 Å². The van der Waals surface area contributed by atoms with Gasteiger partial charge in [0.1, 0.15) is 4.90 Å². The average Bonchev–Trinajstić information content (AvgIpc) is 3.30. The molecule has 4 nitrogen and oxygen atoms in total. The van der Waals surface area contributed by atoms with Gasteiger partial charge >= 0.3 is 0 Å². The van der Waals surface area contributed by atoms with Gasteiger partial charge in [0, 0.05) is 12.6 Å². The van der Waals surface area contributed by atoms with Crippen LogP contribution in [0.2, 0.25) is 0 Å². The Kier molecular flexibility index (Phi) is 3.75. The highest BCUT2D eigenvalue weighted by Gasteiger charge is 2.44. The number of halogens is 2. The zero-order valence-corrected chi connectivity index (χ0v) is 12.3. The number of benzene rings is 1. The minimum Gasteiger partial charge on any atom is -0.326 e. The molecule has 0 unspecified atom stereocenters. The topological polar surface area (TPSA) is 72.2 Å². The molecule has 2 aliphatic carbocycles. The molecule has 2 saturated carbocycles. The van der Waals surface area contributed by atoms with E-state index < -0.39 is 26.6 Å². The van der Waals surface area contributed by atoms with E-state index >= 15 is 0 Å². The zero-order chi connectivity index (χ0) is 15.2. The molecule has 1 aromatic carbocycles. The van der Waals surface area contributed by atoms with Gasteiger partial charge in [-0.2, -0.15) is 0 Å². The first kappa shape index (κ1) is 14.9. The lowest BCUT2D eigenvalue weighted by Crippen LogP contribution is -2.38. The lowest BCUT2D eigenvalue weighted by Gasteiger charge is -2.18. The zero-order valence-electron chi connectivity index (χ0n) is 11.5. The van der Waals surface area contributed by atoms with Gasteiger partial charge in [-0.3, -0.25) is 0 Å². The maximum absolute atomic E-state index is 13.9. The molecule has 1 aromatic rings. The summed E-state index contributed by atoms with van der Waals surface area (Å²) in [5, 5.41) is 0. The molecule has 7 heteroatoms. The van der Waals surface area contributed by atoms with Crippen molar-refractivity contribution in [1.82, 2.24) is 4.72 Å². The number of rotatable bonds is 6. The van der Waals surface area contributed by atoms with Crippen LogP contribution in [0.4, 0.5) is 8.78 Å². The van der Waals surface area contributed by atoms with E-state index in [1.54, 1.807) is 0 Å². The van der Waals surface area contributed by atoms with Crippen molar-refractivity contribution in [3.8, 4) is 0 Å². The third-order valence-electron chi connectivity index (χ3n) is 4.13. The third kappa shape index (κ3) is 3.09. The molecule has 0 amide bonds. The van der Waals surface area contributed by atoms with Crippen molar-refractivity contribution in [3.05, 3.63) is 29.3 Å². The van der Waals surface area contributed by atoms with E-state index in [2.05, 4.69) is 4.72 Å². The van der Waals surface area contributed by atoms with Crippen molar-refractivity contribution < 1.29 is 17.2 Å². The van der Waals surface area contributed by atoms with E-state index in [4.69, 9.17) is 5.73 Å². The molecule has 0 heterocycles. The Morgan fingerprint density at radius 3 is 2.24 bits per heavy atom. The van der Waals surface area contributed by atoms with E-state index in [0.717, 1.165) is 37.8 Å². The highest BCUT2D eigenvalue weighted by atomic mass is 32.2. The summed E-state index contributed by atoms with van der Waals surface area (Å²) in [6.45, 7) is -0.0472. The summed E-state index contributed by atoms with van der Waals surface area (Å²) in [5.74, 6) is -1.87. The molecule has 2 aliphatic rings. The van der Waals surface area contributed by atoms with Gasteiger partial charge in [0.05, 0.1) is 0 Å². The molecule has 3 rings (SSSR count). The lowest BCUT2D eigenvalue weighted by molar-refractivity contribution is 0.458. The van der Waals surface area contributed by atoms with Crippen LogP contribution in [0, 0.1) is 23.5 Å². The molecule has 0 aromatic heterocycles. The second-order valence-corrected chi connectivity index (χ2v) is 7.60. The van der Waals surface area contributed by atoms with Crippen LogP contribution in [0.3, 0.4) is 0 Å². The summed E-state index contributed by atoms with van der Waals surface area (Å²) in [5.41, 5.74) is 5.65. The Morgan fingerprint density at radius 2 is 1.76 bits per heavy atom. The van der Waals surface area contributed by atoms with Crippen molar-refractivity contribution in [2.75, 3.05) is 0 Å². The minimum atomic E-state index is -4.08. The first-order valence-corrected chi connectivity index (χ1v) is 8.61. The molecule has 21 heavy (non-hydrogen) atoms. The number of hydrogen-bond acceptors (Lipinski definition) is 3. The first-order valence-electron chi connectivity index (χ1n) is 7.12. The number of sulfonamides is 1. The predicted octanol–water partition coefficient (Wildman–Crippen LogP) is 1.89. The van der Waals surface area contributed by atoms with Crippen LogP contribution in [-0.4, -0.2) is 14.5 Å². The molecule has 0 aliphatic heterocycles. The normalized spacial score (nSPS) is 19.2. The summed E-state index contributed by atoms with van der Waals surface area (Å²) >= 11 is 0. The van der Waals surface area contributed by atoms with Gasteiger partial charge in [0.25, 0.3) is 0 Å². The monoisotopic (exact) mass is 316 g/mol. The highest BCUT2D eigenvalue weighted by Crippen LogP contribution is 2.45. The van der Waals surface area contributed by atoms with Crippen molar-refractivity contribution in [2.45, 2.75) is 43.2 Å². The highest BCUT2D eigenvalue weighted by molar-refractivity contribution is 7.89. The molecule has 2 fully saturated rings. The largest absolute Gasteiger partial charge is 0.326 e. The number of hydrogen-bond donors (Lipinski definition) is 2. The van der Waals surface area contributed by atoms with Crippen molar-refractivity contribution in [3.63, 3.8) is 0 Å². The second-order valence-electron chi connectivity index (χ2n) is 5.92. The Bertz CT molecular complexity index is 643. The van der Waals surface area contributed by atoms with Crippen LogP contribution < -0.4 is 10.5 Å². The fourth-order valence-electron chi connectivity index (χ4n) is 2.66. The van der Waals surface area contributed by atoms with E-state index in [1.165, 1.54) is 0 Å². The molecule has 0 saturated heterocycles.